The molecule has 6 nitrogen and oxygen atoms in total. The Morgan fingerprint density at radius 3 is 2.96 bits per heavy atom. The van der Waals surface area contributed by atoms with E-state index in [0.717, 1.165) is 65.2 Å². The molecule has 0 spiro atoms. The minimum Gasteiger partial charge on any atom is -0.347 e. The van der Waals surface area contributed by atoms with Crippen LogP contribution in [-0.2, 0) is 13.6 Å². The number of pyridine rings is 1. The fraction of sp³-hybridized carbons (Fsp3) is 0.450. The number of fused-ring (bicyclic) bond motifs is 1. The van der Waals surface area contributed by atoms with Gasteiger partial charge in [-0.3, -0.25) is 9.48 Å². The van der Waals surface area contributed by atoms with Crippen LogP contribution in [0.15, 0.2) is 23.6 Å². The summed E-state index contributed by atoms with van der Waals surface area (Å²) in [6.45, 7) is 2.46. The molecule has 140 valence electrons. The molecule has 2 fully saturated rings. The maximum absolute atomic E-state index is 13.1. The van der Waals surface area contributed by atoms with Crippen molar-refractivity contribution in [1.29, 1.82) is 0 Å². The maximum atomic E-state index is 13.1. The largest absolute Gasteiger partial charge is 0.347 e. The van der Waals surface area contributed by atoms with E-state index in [2.05, 4.69) is 10.6 Å². The van der Waals surface area contributed by atoms with Crippen molar-refractivity contribution in [3.8, 4) is 0 Å². The molecule has 2 N–H and O–H groups in total. The van der Waals surface area contributed by atoms with Gasteiger partial charge in [-0.15, -0.1) is 11.3 Å². The molecule has 4 heterocycles. The van der Waals surface area contributed by atoms with Crippen LogP contribution in [0, 0.1) is 0 Å². The van der Waals surface area contributed by atoms with Gasteiger partial charge in [-0.05, 0) is 43.3 Å². The van der Waals surface area contributed by atoms with Crippen molar-refractivity contribution in [3.05, 3.63) is 45.4 Å². The van der Waals surface area contributed by atoms with E-state index in [1.165, 1.54) is 0 Å². The van der Waals surface area contributed by atoms with Gasteiger partial charge in [0.05, 0.1) is 23.2 Å². The average molecular weight is 382 g/mol. The Labute approximate surface area is 162 Å². The molecule has 2 aliphatic rings. The van der Waals surface area contributed by atoms with Crippen molar-refractivity contribution < 1.29 is 4.79 Å². The summed E-state index contributed by atoms with van der Waals surface area (Å²) >= 11 is 1.66. The first kappa shape index (κ1) is 16.9. The summed E-state index contributed by atoms with van der Waals surface area (Å²) in [6, 6.07) is 6.06. The van der Waals surface area contributed by atoms with Gasteiger partial charge in [0.15, 0.2) is 5.65 Å². The van der Waals surface area contributed by atoms with Gasteiger partial charge in [0, 0.05) is 36.0 Å². The van der Waals surface area contributed by atoms with Gasteiger partial charge in [0.2, 0.25) is 0 Å². The predicted molar refractivity (Wildman–Crippen MR) is 106 cm³/mol. The van der Waals surface area contributed by atoms with E-state index < -0.39 is 0 Å². The molecule has 3 aromatic rings. The molecule has 0 radical (unpaired) electrons. The number of thiophene rings is 1. The van der Waals surface area contributed by atoms with Gasteiger partial charge in [-0.1, -0.05) is 6.07 Å². The van der Waals surface area contributed by atoms with Crippen molar-refractivity contribution >= 4 is 28.3 Å². The Hall–Kier alpha value is -2.25. The van der Waals surface area contributed by atoms with Crippen molar-refractivity contribution in [2.24, 2.45) is 7.05 Å². The molecule has 1 saturated carbocycles. The zero-order valence-electron chi connectivity index (χ0n) is 15.4. The van der Waals surface area contributed by atoms with E-state index in [9.17, 15) is 4.79 Å². The van der Waals surface area contributed by atoms with Gasteiger partial charge in [-0.25, -0.2) is 4.98 Å². The minimum absolute atomic E-state index is 0.0297. The summed E-state index contributed by atoms with van der Waals surface area (Å²) in [6.07, 6.45) is 3.37. The molecular formula is C20H23N5OS. The molecule has 1 aliphatic heterocycles. The Balaban J connectivity index is 1.58. The summed E-state index contributed by atoms with van der Waals surface area (Å²) in [5, 5.41) is 14.2. The second-order valence-corrected chi connectivity index (χ2v) is 8.56. The fourth-order valence-corrected chi connectivity index (χ4v) is 4.56. The average Bonchev–Trinajstić information content (AvgIpc) is 3.08. The molecule has 1 atom stereocenters. The van der Waals surface area contributed by atoms with Gasteiger partial charge >= 0.3 is 0 Å². The molecule has 0 aromatic carbocycles. The lowest BCUT2D eigenvalue weighted by molar-refractivity contribution is 0.0952. The monoisotopic (exact) mass is 381 g/mol. The highest BCUT2D eigenvalue weighted by Crippen LogP contribution is 2.41. The summed E-state index contributed by atoms with van der Waals surface area (Å²) in [5.41, 5.74) is 3.60. The SMILES string of the molecule is Cn1nc(C2CCNC2)c2c(C(=O)NCc3cccs3)cc(C3CC3)nc21. The Bertz CT molecular complexity index is 984. The van der Waals surface area contributed by atoms with Crippen LogP contribution in [0.3, 0.4) is 0 Å². The number of nitrogens with one attached hydrogen (secondary N) is 2. The number of hydrogen-bond donors (Lipinski definition) is 2. The van der Waals surface area contributed by atoms with Crippen LogP contribution in [-0.4, -0.2) is 33.8 Å². The number of carbonyl (C=O) groups excluding carboxylic acids is 1. The molecule has 5 rings (SSSR count). The van der Waals surface area contributed by atoms with E-state index in [1.807, 2.05) is 35.3 Å². The quantitative estimate of drug-likeness (QED) is 0.713. The molecule has 1 aliphatic carbocycles. The number of hydrogen-bond acceptors (Lipinski definition) is 5. The highest BCUT2D eigenvalue weighted by Gasteiger charge is 2.31. The van der Waals surface area contributed by atoms with E-state index in [0.29, 0.717) is 18.4 Å². The van der Waals surface area contributed by atoms with Crippen molar-refractivity contribution in [2.75, 3.05) is 13.1 Å². The second kappa shape index (κ2) is 6.73. The highest BCUT2D eigenvalue weighted by atomic mass is 32.1. The van der Waals surface area contributed by atoms with Crippen LogP contribution in [0.1, 0.15) is 57.7 Å². The van der Waals surface area contributed by atoms with E-state index in [-0.39, 0.29) is 5.91 Å². The molecule has 7 heteroatoms. The van der Waals surface area contributed by atoms with Crippen LogP contribution in [0.25, 0.3) is 11.0 Å². The summed E-state index contributed by atoms with van der Waals surface area (Å²) in [4.78, 5) is 19.2. The van der Waals surface area contributed by atoms with Crippen LogP contribution < -0.4 is 10.6 Å². The minimum atomic E-state index is -0.0297. The van der Waals surface area contributed by atoms with Crippen molar-refractivity contribution in [1.82, 2.24) is 25.4 Å². The fourth-order valence-electron chi connectivity index (χ4n) is 3.91. The zero-order chi connectivity index (χ0) is 18.4. The number of nitrogens with zero attached hydrogens (tertiary/aromatic N) is 3. The van der Waals surface area contributed by atoms with Gasteiger partial charge < -0.3 is 10.6 Å². The Kier molecular flexibility index (Phi) is 4.21. The van der Waals surface area contributed by atoms with Crippen LogP contribution in [0.4, 0.5) is 0 Å². The lowest BCUT2D eigenvalue weighted by Crippen LogP contribution is -2.23. The number of carbonyl (C=O) groups is 1. The topological polar surface area (TPSA) is 71.8 Å². The number of rotatable bonds is 5. The Morgan fingerprint density at radius 2 is 2.26 bits per heavy atom. The van der Waals surface area contributed by atoms with Crippen molar-refractivity contribution in [3.63, 3.8) is 0 Å². The number of aromatic nitrogens is 3. The summed E-state index contributed by atoms with van der Waals surface area (Å²) in [7, 11) is 1.94. The first-order chi connectivity index (χ1) is 13.2. The van der Waals surface area contributed by atoms with Crippen LogP contribution in [0.2, 0.25) is 0 Å². The predicted octanol–water partition coefficient (Wildman–Crippen LogP) is 2.91. The van der Waals surface area contributed by atoms with Crippen LogP contribution in [0.5, 0.6) is 0 Å². The molecule has 1 saturated heterocycles. The second-order valence-electron chi connectivity index (χ2n) is 7.53. The van der Waals surface area contributed by atoms with E-state index >= 15 is 0 Å². The normalized spacial score (nSPS) is 19.7. The molecule has 3 aromatic heterocycles. The standard InChI is InChI=1S/C20H23N5OS/c1-25-19-17(18(24-25)13-6-7-21-10-13)15(9-16(23-19)12-4-5-12)20(26)22-11-14-3-2-8-27-14/h2-3,8-9,12-13,21H,4-7,10-11H2,1H3,(H,22,26). The molecule has 0 bridgehead atoms. The summed E-state index contributed by atoms with van der Waals surface area (Å²) in [5.74, 6) is 0.800. The van der Waals surface area contributed by atoms with Crippen molar-refractivity contribution in [2.45, 2.75) is 37.6 Å². The molecule has 1 unspecified atom stereocenters. The lowest BCUT2D eigenvalue weighted by Gasteiger charge is -2.11. The third kappa shape index (κ3) is 3.15. The van der Waals surface area contributed by atoms with E-state index in [4.69, 9.17) is 10.1 Å². The van der Waals surface area contributed by atoms with Gasteiger partial charge in [-0.2, -0.15) is 5.10 Å². The smallest absolute Gasteiger partial charge is 0.252 e. The van der Waals surface area contributed by atoms with Gasteiger partial charge in [0.25, 0.3) is 5.91 Å². The molecule has 27 heavy (non-hydrogen) atoms. The first-order valence-corrected chi connectivity index (χ1v) is 10.5. The maximum Gasteiger partial charge on any atom is 0.252 e. The molecule has 1 amide bonds. The highest BCUT2D eigenvalue weighted by molar-refractivity contribution is 7.09. The summed E-state index contributed by atoms with van der Waals surface area (Å²) < 4.78 is 1.85. The van der Waals surface area contributed by atoms with E-state index in [1.54, 1.807) is 11.3 Å². The number of aryl methyl sites for hydroxylation is 1. The van der Waals surface area contributed by atoms with Gasteiger partial charge in [0.1, 0.15) is 0 Å². The first-order valence-electron chi connectivity index (χ1n) is 9.59. The Morgan fingerprint density at radius 1 is 1.37 bits per heavy atom. The van der Waals surface area contributed by atoms with Crippen LogP contribution >= 0.6 is 11.3 Å². The third-order valence-electron chi connectivity index (χ3n) is 5.53. The molecular weight excluding hydrogens is 358 g/mol. The zero-order valence-corrected chi connectivity index (χ0v) is 16.2. The lowest BCUT2D eigenvalue weighted by atomic mass is 9.98. The third-order valence-corrected chi connectivity index (χ3v) is 6.41. The number of amides is 1.